The van der Waals surface area contributed by atoms with Crippen molar-refractivity contribution in [2.24, 2.45) is 0 Å². The molecule has 0 atom stereocenters. The van der Waals surface area contributed by atoms with E-state index in [2.05, 4.69) is 21.2 Å². The smallest absolute Gasteiger partial charge is 0.128 e. The molecule has 0 saturated carbocycles. The first-order chi connectivity index (χ1) is 9.47. The monoisotopic (exact) mass is 356 g/mol. The van der Waals surface area contributed by atoms with Crippen LogP contribution in [0.25, 0.3) is 0 Å². The normalized spacial score (nSPS) is 10.4. The second kappa shape index (κ2) is 6.46. The number of hydrogen-bond donors (Lipinski definition) is 1. The molecule has 2 nitrogen and oxygen atoms in total. The van der Waals surface area contributed by atoms with Crippen LogP contribution in [0, 0.1) is 5.82 Å². The summed E-state index contributed by atoms with van der Waals surface area (Å²) >= 11 is 9.34. The molecule has 5 heteroatoms. The highest BCUT2D eigenvalue weighted by molar-refractivity contribution is 9.10. The van der Waals surface area contributed by atoms with E-state index in [1.54, 1.807) is 12.1 Å². The lowest BCUT2D eigenvalue weighted by atomic mass is 10.2. The van der Waals surface area contributed by atoms with Gasteiger partial charge in [0.25, 0.3) is 0 Å². The van der Waals surface area contributed by atoms with Crippen LogP contribution >= 0.6 is 27.5 Å². The third-order valence-corrected chi connectivity index (χ3v) is 3.65. The fraction of sp³-hybridized carbons (Fsp3) is 0.200. The average molecular weight is 358 g/mol. The third-order valence-electron chi connectivity index (χ3n) is 2.92. The number of hydrogen-bond acceptors (Lipinski definition) is 2. The molecule has 0 aromatic heterocycles. The maximum Gasteiger partial charge on any atom is 0.128 e. The summed E-state index contributed by atoms with van der Waals surface area (Å²) in [6.07, 6.45) is 0. The zero-order valence-electron chi connectivity index (χ0n) is 11.3. The minimum atomic E-state index is -0.261. The number of benzene rings is 2. The van der Waals surface area contributed by atoms with Gasteiger partial charge < -0.3 is 10.2 Å². The Morgan fingerprint density at radius 3 is 2.65 bits per heavy atom. The lowest BCUT2D eigenvalue weighted by Crippen LogP contribution is -2.12. The van der Waals surface area contributed by atoms with E-state index >= 15 is 0 Å². The summed E-state index contributed by atoms with van der Waals surface area (Å²) in [7, 11) is 3.93. The summed E-state index contributed by atoms with van der Waals surface area (Å²) in [5.41, 5.74) is 2.52. The van der Waals surface area contributed by atoms with Crippen molar-refractivity contribution in [2.45, 2.75) is 6.54 Å². The summed E-state index contributed by atoms with van der Waals surface area (Å²) < 4.78 is 14.7. The highest BCUT2D eigenvalue weighted by atomic mass is 79.9. The van der Waals surface area contributed by atoms with Crippen molar-refractivity contribution in [3.63, 3.8) is 0 Å². The van der Waals surface area contributed by atoms with Crippen molar-refractivity contribution < 1.29 is 4.39 Å². The minimum Gasteiger partial charge on any atom is -0.379 e. The van der Waals surface area contributed by atoms with Gasteiger partial charge in [0.1, 0.15) is 5.82 Å². The predicted molar refractivity (Wildman–Crippen MR) is 87.2 cm³/mol. The van der Waals surface area contributed by atoms with Crippen molar-refractivity contribution >= 4 is 38.9 Å². The van der Waals surface area contributed by atoms with E-state index in [0.717, 1.165) is 15.8 Å². The van der Waals surface area contributed by atoms with Gasteiger partial charge in [-0.15, -0.1) is 0 Å². The molecule has 2 rings (SSSR count). The van der Waals surface area contributed by atoms with Gasteiger partial charge >= 0.3 is 0 Å². The molecule has 0 aliphatic rings. The fourth-order valence-corrected chi connectivity index (χ4v) is 2.46. The lowest BCUT2D eigenvalue weighted by Gasteiger charge is -2.19. The van der Waals surface area contributed by atoms with E-state index in [0.29, 0.717) is 17.1 Å². The number of nitrogens with one attached hydrogen (secondary N) is 1. The molecule has 20 heavy (non-hydrogen) atoms. The second-order valence-electron chi connectivity index (χ2n) is 4.65. The van der Waals surface area contributed by atoms with Crippen LogP contribution in [0.4, 0.5) is 15.8 Å². The van der Waals surface area contributed by atoms with Gasteiger partial charge in [-0.2, -0.15) is 0 Å². The zero-order chi connectivity index (χ0) is 14.7. The van der Waals surface area contributed by atoms with Crippen LogP contribution < -0.4 is 10.2 Å². The van der Waals surface area contributed by atoms with Crippen LogP contribution in [0.1, 0.15) is 5.56 Å². The summed E-state index contributed by atoms with van der Waals surface area (Å²) in [4.78, 5) is 2.00. The Labute approximate surface area is 131 Å². The fourth-order valence-electron chi connectivity index (χ4n) is 1.91. The Morgan fingerprint density at radius 2 is 1.95 bits per heavy atom. The number of nitrogens with zero attached hydrogens (tertiary/aromatic N) is 1. The molecule has 0 spiro atoms. The molecule has 1 N–H and O–H groups in total. The number of anilines is 2. The first-order valence-electron chi connectivity index (χ1n) is 6.12. The molecule has 0 bridgehead atoms. The van der Waals surface area contributed by atoms with Gasteiger partial charge in [0.15, 0.2) is 0 Å². The second-order valence-corrected chi connectivity index (χ2v) is 6.00. The van der Waals surface area contributed by atoms with Gasteiger partial charge in [-0.3, -0.25) is 0 Å². The van der Waals surface area contributed by atoms with E-state index in [4.69, 9.17) is 11.6 Å². The zero-order valence-corrected chi connectivity index (χ0v) is 13.6. The molecular weight excluding hydrogens is 343 g/mol. The van der Waals surface area contributed by atoms with Crippen LogP contribution in [0.15, 0.2) is 40.9 Å². The van der Waals surface area contributed by atoms with Gasteiger partial charge in [0.2, 0.25) is 0 Å². The van der Waals surface area contributed by atoms with E-state index < -0.39 is 0 Å². The van der Waals surface area contributed by atoms with Gasteiger partial charge in [0, 0.05) is 35.7 Å². The first-order valence-corrected chi connectivity index (χ1v) is 7.29. The molecule has 0 amide bonds. The molecule has 0 saturated heterocycles. The van der Waals surface area contributed by atoms with Gasteiger partial charge in [0.05, 0.1) is 11.4 Å². The molecule has 0 fully saturated rings. The largest absolute Gasteiger partial charge is 0.379 e. The molecule has 2 aromatic carbocycles. The van der Waals surface area contributed by atoms with Crippen molar-refractivity contribution in [3.8, 4) is 0 Å². The predicted octanol–water partition coefficient (Wildman–Crippen LogP) is 4.92. The molecule has 106 valence electrons. The van der Waals surface area contributed by atoms with Crippen LogP contribution in [0.2, 0.25) is 5.02 Å². The quantitative estimate of drug-likeness (QED) is 0.835. The van der Waals surface area contributed by atoms with Crippen molar-refractivity contribution in [1.29, 1.82) is 0 Å². The highest BCUT2D eigenvalue weighted by Crippen LogP contribution is 2.28. The summed E-state index contributed by atoms with van der Waals surface area (Å²) in [5.74, 6) is -0.261. The Hall–Kier alpha value is -1.26. The number of halogens is 3. The number of rotatable bonds is 4. The molecule has 0 radical (unpaired) electrons. The maximum atomic E-state index is 13.7. The lowest BCUT2D eigenvalue weighted by molar-refractivity contribution is 0.613. The first kappa shape index (κ1) is 15.1. The van der Waals surface area contributed by atoms with E-state index in [1.807, 2.05) is 37.2 Å². The Morgan fingerprint density at radius 1 is 1.20 bits per heavy atom. The van der Waals surface area contributed by atoms with Gasteiger partial charge in [-0.05, 0) is 36.4 Å². The Bertz CT molecular complexity index is 617. The highest BCUT2D eigenvalue weighted by Gasteiger charge is 2.07. The summed E-state index contributed by atoms with van der Waals surface area (Å²) in [6.45, 7) is 0.379. The molecule has 0 unspecified atom stereocenters. The standard InChI is InChI=1S/C15H15BrClFN2/c1-20(2)15-6-3-11(16)8-14(15)19-9-10-7-12(17)4-5-13(10)18/h3-8,19H,9H2,1-2H3. The van der Waals surface area contributed by atoms with Crippen molar-refractivity contribution in [1.82, 2.24) is 0 Å². The Balaban J connectivity index is 2.22. The van der Waals surface area contributed by atoms with Gasteiger partial charge in [-0.1, -0.05) is 27.5 Å². The minimum absolute atomic E-state index is 0.261. The topological polar surface area (TPSA) is 15.3 Å². The maximum absolute atomic E-state index is 13.7. The van der Waals surface area contributed by atoms with E-state index in [9.17, 15) is 4.39 Å². The molecule has 2 aromatic rings. The van der Waals surface area contributed by atoms with E-state index in [1.165, 1.54) is 6.07 Å². The van der Waals surface area contributed by atoms with Crippen LogP contribution in [0.5, 0.6) is 0 Å². The molecular formula is C15H15BrClFN2. The molecule has 0 aliphatic carbocycles. The summed E-state index contributed by atoms with van der Waals surface area (Å²) in [5, 5.41) is 3.78. The summed E-state index contributed by atoms with van der Waals surface area (Å²) in [6, 6.07) is 10.5. The third kappa shape index (κ3) is 3.64. The van der Waals surface area contributed by atoms with Crippen LogP contribution in [0.3, 0.4) is 0 Å². The van der Waals surface area contributed by atoms with Gasteiger partial charge in [-0.25, -0.2) is 4.39 Å². The van der Waals surface area contributed by atoms with Crippen molar-refractivity contribution in [2.75, 3.05) is 24.3 Å². The van der Waals surface area contributed by atoms with Crippen molar-refractivity contribution in [3.05, 3.63) is 57.3 Å². The molecule has 0 aliphatic heterocycles. The van der Waals surface area contributed by atoms with E-state index in [-0.39, 0.29) is 5.82 Å². The van der Waals surface area contributed by atoms with Crippen LogP contribution in [-0.4, -0.2) is 14.1 Å². The SMILES string of the molecule is CN(C)c1ccc(Br)cc1NCc1cc(Cl)ccc1F. The Kier molecular flexibility index (Phi) is 4.89. The van der Waals surface area contributed by atoms with Crippen LogP contribution in [-0.2, 0) is 6.54 Å². The molecule has 0 heterocycles. The average Bonchev–Trinajstić information content (AvgIpc) is 2.39.